The number of nitrogens with zero attached hydrogens (tertiary/aromatic N) is 2. The molecule has 29 heavy (non-hydrogen) atoms. The number of rotatable bonds is 5. The first kappa shape index (κ1) is 21.4. The number of nitrogens with one attached hydrogen (secondary N) is 1. The molecule has 1 fully saturated rings. The lowest BCUT2D eigenvalue weighted by Gasteiger charge is -2.32. The quantitative estimate of drug-likeness (QED) is 0.710. The Morgan fingerprint density at radius 1 is 1.24 bits per heavy atom. The zero-order valence-electron chi connectivity index (χ0n) is 14.8. The van der Waals surface area contributed by atoms with Gasteiger partial charge in [-0.1, -0.05) is 23.2 Å². The summed E-state index contributed by atoms with van der Waals surface area (Å²) in [4.78, 5) is 11.2. The van der Waals surface area contributed by atoms with Crippen LogP contribution in [-0.4, -0.2) is 49.5 Å². The second kappa shape index (κ2) is 8.57. The molecule has 2 N–H and O–H groups in total. The first-order valence-electron chi connectivity index (χ1n) is 8.36. The Kier molecular flexibility index (Phi) is 6.31. The Bertz CT molecular complexity index is 1080. The van der Waals surface area contributed by atoms with Gasteiger partial charge in [0.25, 0.3) is 0 Å². The van der Waals surface area contributed by atoms with Crippen molar-refractivity contribution in [1.29, 1.82) is 5.26 Å². The topological polar surface area (TPSA) is 120 Å². The van der Waals surface area contributed by atoms with Crippen molar-refractivity contribution in [2.75, 3.05) is 19.6 Å². The van der Waals surface area contributed by atoms with Gasteiger partial charge in [0.2, 0.25) is 10.0 Å². The van der Waals surface area contributed by atoms with Gasteiger partial charge in [-0.25, -0.2) is 8.42 Å². The molecule has 0 aliphatic carbocycles. The average molecular weight is 456 g/mol. The fourth-order valence-corrected chi connectivity index (χ4v) is 5.12. The largest absolute Gasteiger partial charge is 0.480 e. The van der Waals surface area contributed by atoms with Crippen LogP contribution in [0.25, 0.3) is 0 Å². The highest BCUT2D eigenvalue weighted by Crippen LogP contribution is 2.34. The normalized spacial score (nSPS) is 17.5. The lowest BCUT2D eigenvalue weighted by molar-refractivity contribution is -0.141. The fraction of sp³-hybridized carbons (Fsp3) is 0.222. The van der Waals surface area contributed by atoms with Gasteiger partial charge in [-0.3, -0.25) is 4.79 Å². The van der Waals surface area contributed by atoms with Crippen LogP contribution in [0.15, 0.2) is 41.3 Å². The fourth-order valence-electron chi connectivity index (χ4n) is 2.89. The van der Waals surface area contributed by atoms with Crippen LogP contribution in [0.5, 0.6) is 11.5 Å². The van der Waals surface area contributed by atoms with E-state index in [1.807, 2.05) is 6.07 Å². The number of halogens is 2. The predicted octanol–water partition coefficient (Wildman–Crippen LogP) is 2.70. The average Bonchev–Trinajstić information content (AvgIpc) is 2.67. The maximum Gasteiger partial charge on any atom is 0.323 e. The van der Waals surface area contributed by atoms with Gasteiger partial charge >= 0.3 is 5.97 Å². The van der Waals surface area contributed by atoms with Gasteiger partial charge in [-0.2, -0.15) is 9.57 Å². The SMILES string of the molecule is N#Cc1ccc(Oc2cc(Cl)cc(Cl)c2)c(S(=O)(=O)N2CCNCC2C(=O)O)c1. The summed E-state index contributed by atoms with van der Waals surface area (Å²) in [5.41, 5.74) is 0.0852. The zero-order chi connectivity index (χ0) is 21.2. The number of piperazine rings is 1. The van der Waals surface area contributed by atoms with Crippen LogP contribution in [0.1, 0.15) is 5.56 Å². The van der Waals surface area contributed by atoms with E-state index in [9.17, 15) is 23.6 Å². The molecule has 1 aliphatic rings. The van der Waals surface area contributed by atoms with Crippen molar-refractivity contribution in [3.05, 3.63) is 52.0 Å². The van der Waals surface area contributed by atoms with Gasteiger partial charge in [-0.15, -0.1) is 0 Å². The van der Waals surface area contributed by atoms with Gasteiger partial charge < -0.3 is 15.2 Å². The highest BCUT2D eigenvalue weighted by Gasteiger charge is 2.39. The van der Waals surface area contributed by atoms with Crippen molar-refractivity contribution in [2.24, 2.45) is 0 Å². The number of benzene rings is 2. The Hall–Kier alpha value is -2.35. The van der Waals surface area contributed by atoms with E-state index in [0.29, 0.717) is 16.6 Å². The molecular formula is C18H15Cl2N3O5S. The third-order valence-corrected chi connectivity index (χ3v) is 6.57. The standard InChI is InChI=1S/C18H15Cl2N3O5S/c19-12-6-13(20)8-14(7-12)28-16-2-1-11(9-21)5-17(16)29(26,27)23-4-3-22-10-15(23)18(24)25/h1-2,5-8,15,22H,3-4,10H2,(H,24,25). The predicted molar refractivity (Wildman–Crippen MR) is 106 cm³/mol. The van der Waals surface area contributed by atoms with Crippen LogP contribution >= 0.6 is 23.2 Å². The minimum absolute atomic E-state index is 0.0351. The zero-order valence-corrected chi connectivity index (χ0v) is 17.1. The van der Waals surface area contributed by atoms with Crippen LogP contribution in [-0.2, 0) is 14.8 Å². The maximum absolute atomic E-state index is 13.3. The van der Waals surface area contributed by atoms with Crippen LogP contribution in [0.4, 0.5) is 0 Å². The highest BCUT2D eigenvalue weighted by molar-refractivity contribution is 7.89. The molecular weight excluding hydrogens is 441 g/mol. The first-order chi connectivity index (χ1) is 13.7. The Labute approximate surface area is 177 Å². The minimum atomic E-state index is -4.29. The van der Waals surface area contributed by atoms with Crippen molar-refractivity contribution >= 4 is 39.2 Å². The van der Waals surface area contributed by atoms with Crippen LogP contribution < -0.4 is 10.1 Å². The summed E-state index contributed by atoms with van der Waals surface area (Å²) in [7, 11) is -4.29. The number of carboxylic acid groups (broad SMARTS) is 1. The third-order valence-electron chi connectivity index (χ3n) is 4.20. The molecule has 1 aliphatic heterocycles. The van der Waals surface area contributed by atoms with E-state index < -0.39 is 22.0 Å². The number of aliphatic carboxylic acids is 1. The van der Waals surface area contributed by atoms with Gasteiger partial charge in [0.05, 0.1) is 11.6 Å². The number of carbonyl (C=O) groups is 1. The second-order valence-corrected chi connectivity index (χ2v) is 8.89. The Morgan fingerprint density at radius 3 is 2.55 bits per heavy atom. The summed E-state index contributed by atoms with van der Waals surface area (Å²) < 4.78 is 33.2. The number of sulfonamides is 1. The number of hydrogen-bond acceptors (Lipinski definition) is 6. The maximum atomic E-state index is 13.3. The van der Waals surface area contributed by atoms with Crippen molar-refractivity contribution in [2.45, 2.75) is 10.9 Å². The number of carboxylic acids is 1. The van der Waals surface area contributed by atoms with Crippen LogP contribution in [0.3, 0.4) is 0 Å². The van der Waals surface area contributed by atoms with E-state index in [2.05, 4.69) is 5.32 Å². The van der Waals surface area contributed by atoms with E-state index in [1.54, 1.807) is 0 Å². The van der Waals surface area contributed by atoms with E-state index in [1.165, 1.54) is 30.3 Å². The van der Waals surface area contributed by atoms with Crippen LogP contribution in [0.2, 0.25) is 10.0 Å². The van der Waals surface area contributed by atoms with Gasteiger partial charge in [-0.05, 0) is 36.4 Å². The smallest absolute Gasteiger partial charge is 0.323 e. The van der Waals surface area contributed by atoms with E-state index in [-0.39, 0.29) is 35.0 Å². The lowest BCUT2D eigenvalue weighted by Crippen LogP contribution is -2.56. The van der Waals surface area contributed by atoms with Gasteiger partial charge in [0.1, 0.15) is 22.4 Å². The molecule has 2 aromatic rings. The molecule has 8 nitrogen and oxygen atoms in total. The molecule has 2 aromatic carbocycles. The molecule has 1 saturated heterocycles. The molecule has 1 heterocycles. The second-order valence-electron chi connectivity index (χ2n) is 6.15. The van der Waals surface area contributed by atoms with E-state index in [0.717, 1.165) is 10.4 Å². The summed E-state index contributed by atoms with van der Waals surface area (Å²) in [5, 5.41) is 22.1. The number of hydrogen-bond donors (Lipinski definition) is 2. The van der Waals surface area contributed by atoms with Crippen molar-refractivity contribution in [3.63, 3.8) is 0 Å². The summed E-state index contributed by atoms with van der Waals surface area (Å²) >= 11 is 11.9. The first-order valence-corrected chi connectivity index (χ1v) is 10.6. The summed E-state index contributed by atoms with van der Waals surface area (Å²) in [6.07, 6.45) is 0. The molecule has 0 bridgehead atoms. The molecule has 1 atom stereocenters. The van der Waals surface area contributed by atoms with E-state index >= 15 is 0 Å². The molecule has 11 heteroatoms. The summed E-state index contributed by atoms with van der Waals surface area (Å²) in [6.45, 7) is 0.214. The van der Waals surface area contributed by atoms with Crippen LogP contribution in [0, 0.1) is 11.3 Å². The molecule has 0 amide bonds. The van der Waals surface area contributed by atoms with E-state index in [4.69, 9.17) is 27.9 Å². The Morgan fingerprint density at radius 2 is 1.93 bits per heavy atom. The summed E-state index contributed by atoms with van der Waals surface area (Å²) in [5.74, 6) is -1.16. The molecule has 1 unspecified atom stereocenters. The molecule has 152 valence electrons. The number of ether oxygens (including phenoxy) is 1. The molecule has 3 rings (SSSR count). The molecule has 0 saturated carbocycles. The Balaban J connectivity index is 2.09. The van der Waals surface area contributed by atoms with Crippen molar-refractivity contribution in [3.8, 4) is 17.6 Å². The van der Waals surface area contributed by atoms with Gasteiger partial charge in [0.15, 0.2) is 0 Å². The third kappa shape index (κ3) is 4.63. The minimum Gasteiger partial charge on any atom is -0.480 e. The molecule has 0 spiro atoms. The number of nitriles is 1. The summed E-state index contributed by atoms with van der Waals surface area (Å²) in [6, 6.07) is 8.86. The van der Waals surface area contributed by atoms with Crippen molar-refractivity contribution in [1.82, 2.24) is 9.62 Å². The lowest BCUT2D eigenvalue weighted by atomic mass is 10.2. The van der Waals surface area contributed by atoms with Crippen molar-refractivity contribution < 1.29 is 23.1 Å². The molecule has 0 radical (unpaired) electrons. The highest BCUT2D eigenvalue weighted by atomic mass is 35.5. The monoisotopic (exact) mass is 455 g/mol. The van der Waals surface area contributed by atoms with Gasteiger partial charge in [0, 0.05) is 29.7 Å². The molecule has 0 aromatic heterocycles.